The van der Waals surface area contributed by atoms with Gasteiger partial charge < -0.3 is 14.7 Å². The van der Waals surface area contributed by atoms with Gasteiger partial charge in [0.05, 0.1) is 12.8 Å². The predicted molar refractivity (Wildman–Crippen MR) is 72.1 cm³/mol. The summed E-state index contributed by atoms with van der Waals surface area (Å²) in [7, 11) is 2.80. The third kappa shape index (κ3) is 4.28. The summed E-state index contributed by atoms with van der Waals surface area (Å²) in [5.41, 5.74) is 1.56. The number of phenolic OH excluding ortho intramolecular Hbond substituents is 1. The van der Waals surface area contributed by atoms with E-state index in [1.165, 1.54) is 14.2 Å². The zero-order chi connectivity index (χ0) is 14.3. The topological polar surface area (TPSA) is 68.1 Å². The van der Waals surface area contributed by atoms with Gasteiger partial charge in [-0.1, -0.05) is 24.2 Å². The van der Waals surface area contributed by atoms with E-state index in [-0.39, 0.29) is 11.7 Å². The number of benzene rings is 1. The van der Waals surface area contributed by atoms with Crippen LogP contribution >= 0.6 is 0 Å². The SMILES string of the molecule is CC/C(=N\OC)C(Cc1ccc(O)cc1)C(=O)OC. The molecule has 5 heteroatoms. The number of carbonyl (C=O) groups excluding carboxylic acids is 1. The highest BCUT2D eigenvalue weighted by atomic mass is 16.6. The molecule has 0 aromatic heterocycles. The van der Waals surface area contributed by atoms with Gasteiger partial charge in [-0.25, -0.2) is 0 Å². The minimum atomic E-state index is -0.473. The quantitative estimate of drug-likeness (QED) is 0.486. The maximum absolute atomic E-state index is 11.9. The molecule has 0 aliphatic rings. The Labute approximate surface area is 112 Å². The lowest BCUT2D eigenvalue weighted by Crippen LogP contribution is -2.27. The van der Waals surface area contributed by atoms with E-state index in [1.54, 1.807) is 24.3 Å². The summed E-state index contributed by atoms with van der Waals surface area (Å²) in [6.45, 7) is 1.91. The number of oxime groups is 1. The Morgan fingerprint density at radius 3 is 2.42 bits per heavy atom. The molecule has 1 N–H and O–H groups in total. The van der Waals surface area contributed by atoms with Crippen molar-refractivity contribution in [2.24, 2.45) is 11.1 Å². The molecule has 1 rings (SSSR count). The van der Waals surface area contributed by atoms with Gasteiger partial charge in [0.25, 0.3) is 0 Å². The van der Waals surface area contributed by atoms with E-state index in [0.717, 1.165) is 5.56 Å². The Kier molecular flexibility index (Phi) is 5.85. The first-order valence-corrected chi connectivity index (χ1v) is 6.08. The lowest BCUT2D eigenvalue weighted by Gasteiger charge is -2.15. The van der Waals surface area contributed by atoms with Gasteiger partial charge in [0.2, 0.25) is 0 Å². The van der Waals surface area contributed by atoms with E-state index >= 15 is 0 Å². The zero-order valence-corrected chi connectivity index (χ0v) is 11.4. The van der Waals surface area contributed by atoms with Crippen molar-refractivity contribution in [3.63, 3.8) is 0 Å². The van der Waals surface area contributed by atoms with Crippen LogP contribution in [0.2, 0.25) is 0 Å². The highest BCUT2D eigenvalue weighted by Gasteiger charge is 2.25. The molecule has 5 nitrogen and oxygen atoms in total. The molecule has 0 saturated carbocycles. The van der Waals surface area contributed by atoms with Crippen molar-refractivity contribution in [2.45, 2.75) is 19.8 Å². The van der Waals surface area contributed by atoms with E-state index < -0.39 is 5.92 Å². The van der Waals surface area contributed by atoms with Gasteiger partial charge in [-0.3, -0.25) is 4.79 Å². The molecular weight excluding hydrogens is 246 g/mol. The van der Waals surface area contributed by atoms with E-state index in [2.05, 4.69) is 5.16 Å². The molecule has 0 fully saturated rings. The summed E-state index contributed by atoms with van der Waals surface area (Å²) in [5, 5.41) is 13.1. The van der Waals surface area contributed by atoms with Crippen molar-refractivity contribution < 1.29 is 19.5 Å². The van der Waals surface area contributed by atoms with E-state index in [1.807, 2.05) is 6.92 Å². The molecule has 0 amide bonds. The van der Waals surface area contributed by atoms with Crippen LogP contribution in [0.5, 0.6) is 5.75 Å². The Morgan fingerprint density at radius 1 is 1.32 bits per heavy atom. The second-order valence-electron chi connectivity index (χ2n) is 4.07. The molecule has 104 valence electrons. The molecule has 1 aromatic carbocycles. The molecule has 0 heterocycles. The molecule has 0 aliphatic carbocycles. The Balaban J connectivity index is 2.94. The van der Waals surface area contributed by atoms with Gasteiger partial charge in [-0.2, -0.15) is 0 Å². The van der Waals surface area contributed by atoms with Crippen molar-refractivity contribution >= 4 is 11.7 Å². The van der Waals surface area contributed by atoms with Crippen molar-refractivity contribution in [3.05, 3.63) is 29.8 Å². The van der Waals surface area contributed by atoms with E-state index in [0.29, 0.717) is 18.6 Å². The van der Waals surface area contributed by atoms with Crippen molar-refractivity contribution in [2.75, 3.05) is 14.2 Å². The van der Waals surface area contributed by atoms with Gasteiger partial charge in [-0.15, -0.1) is 0 Å². The van der Waals surface area contributed by atoms with Crippen molar-refractivity contribution in [1.82, 2.24) is 0 Å². The number of phenols is 1. The molecule has 0 aliphatic heterocycles. The number of hydrogen-bond donors (Lipinski definition) is 1. The lowest BCUT2D eigenvalue weighted by atomic mass is 9.93. The third-order valence-electron chi connectivity index (χ3n) is 2.83. The van der Waals surface area contributed by atoms with E-state index in [4.69, 9.17) is 9.57 Å². The number of aromatic hydroxyl groups is 1. The second kappa shape index (κ2) is 7.41. The molecule has 1 aromatic rings. The minimum Gasteiger partial charge on any atom is -0.508 e. The largest absolute Gasteiger partial charge is 0.508 e. The fourth-order valence-corrected chi connectivity index (χ4v) is 1.84. The van der Waals surface area contributed by atoms with Gasteiger partial charge in [0.15, 0.2) is 0 Å². The smallest absolute Gasteiger partial charge is 0.314 e. The maximum Gasteiger partial charge on any atom is 0.314 e. The van der Waals surface area contributed by atoms with Crippen LogP contribution in [0.15, 0.2) is 29.4 Å². The summed E-state index contributed by atoms with van der Waals surface area (Å²) in [5.74, 6) is -0.621. The van der Waals surface area contributed by atoms with Crippen LogP contribution in [0.25, 0.3) is 0 Å². The summed E-state index contributed by atoms with van der Waals surface area (Å²) in [6.07, 6.45) is 1.06. The molecule has 0 radical (unpaired) electrons. The highest BCUT2D eigenvalue weighted by molar-refractivity contribution is 6.02. The Morgan fingerprint density at radius 2 is 1.95 bits per heavy atom. The fourth-order valence-electron chi connectivity index (χ4n) is 1.84. The molecular formula is C14H19NO4. The number of carbonyl (C=O) groups is 1. The number of hydrogen-bond acceptors (Lipinski definition) is 5. The molecule has 1 atom stereocenters. The summed E-state index contributed by atoms with van der Waals surface area (Å²) in [4.78, 5) is 16.6. The fraction of sp³-hybridized carbons (Fsp3) is 0.429. The normalized spacial score (nSPS) is 12.9. The summed E-state index contributed by atoms with van der Waals surface area (Å²) < 4.78 is 4.81. The van der Waals surface area contributed by atoms with Crippen LogP contribution in [0.3, 0.4) is 0 Å². The maximum atomic E-state index is 11.9. The predicted octanol–water partition coefficient (Wildman–Crippen LogP) is 2.14. The number of esters is 1. The molecule has 0 bridgehead atoms. The summed E-state index contributed by atoms with van der Waals surface area (Å²) >= 11 is 0. The van der Waals surface area contributed by atoms with Crippen LogP contribution in [-0.2, 0) is 20.8 Å². The zero-order valence-electron chi connectivity index (χ0n) is 11.4. The van der Waals surface area contributed by atoms with Gasteiger partial charge in [-0.05, 0) is 30.5 Å². The van der Waals surface area contributed by atoms with Crippen LogP contribution in [0, 0.1) is 5.92 Å². The van der Waals surface area contributed by atoms with Crippen LogP contribution in [0.4, 0.5) is 0 Å². The van der Waals surface area contributed by atoms with Crippen LogP contribution < -0.4 is 0 Å². The number of methoxy groups -OCH3 is 1. The molecule has 0 spiro atoms. The standard InChI is InChI=1S/C14H19NO4/c1-4-13(15-19-3)12(14(17)18-2)9-10-5-7-11(16)8-6-10/h5-8,12,16H,4,9H2,1-3H3/b15-13+. The molecule has 1 unspecified atom stereocenters. The Hall–Kier alpha value is -2.04. The van der Waals surface area contributed by atoms with Crippen molar-refractivity contribution in [1.29, 1.82) is 0 Å². The van der Waals surface area contributed by atoms with Gasteiger partial charge in [0, 0.05) is 0 Å². The first kappa shape index (κ1) is 15.0. The molecule has 19 heavy (non-hydrogen) atoms. The number of nitrogens with zero attached hydrogens (tertiary/aromatic N) is 1. The number of ether oxygens (including phenoxy) is 1. The third-order valence-corrected chi connectivity index (χ3v) is 2.83. The lowest BCUT2D eigenvalue weighted by molar-refractivity contribution is -0.143. The first-order valence-electron chi connectivity index (χ1n) is 6.08. The minimum absolute atomic E-state index is 0.194. The average Bonchev–Trinajstić information content (AvgIpc) is 2.43. The first-order chi connectivity index (χ1) is 9.12. The number of rotatable bonds is 6. The van der Waals surface area contributed by atoms with Crippen LogP contribution in [0.1, 0.15) is 18.9 Å². The monoisotopic (exact) mass is 265 g/mol. The molecule has 0 saturated heterocycles. The van der Waals surface area contributed by atoms with E-state index in [9.17, 15) is 9.90 Å². The van der Waals surface area contributed by atoms with Crippen LogP contribution in [-0.4, -0.2) is 31.0 Å². The highest BCUT2D eigenvalue weighted by Crippen LogP contribution is 2.17. The summed E-state index contributed by atoms with van der Waals surface area (Å²) in [6, 6.07) is 6.71. The average molecular weight is 265 g/mol. The van der Waals surface area contributed by atoms with Crippen molar-refractivity contribution in [3.8, 4) is 5.75 Å². The van der Waals surface area contributed by atoms with Gasteiger partial charge in [0.1, 0.15) is 18.8 Å². The van der Waals surface area contributed by atoms with Gasteiger partial charge >= 0.3 is 5.97 Å². The second-order valence-corrected chi connectivity index (χ2v) is 4.07. The Bertz CT molecular complexity index is 439.